The lowest BCUT2D eigenvalue weighted by molar-refractivity contribution is -0.113. The SMILES string of the molecule is CCCCN(CCCC)c1ccc(/C=C2/SC(N)=NC2=O)cc1. The molecular formula is C18H25N3OS. The maximum atomic E-state index is 11.6. The monoisotopic (exact) mass is 331 g/mol. The van der Waals surface area contributed by atoms with Crippen molar-refractivity contribution in [3.63, 3.8) is 0 Å². The second-order valence-corrected chi connectivity index (χ2v) is 6.71. The Labute approximate surface area is 142 Å². The number of carbonyl (C=O) groups is 1. The van der Waals surface area contributed by atoms with E-state index in [1.54, 1.807) is 0 Å². The third-order valence-electron chi connectivity index (χ3n) is 3.76. The van der Waals surface area contributed by atoms with E-state index in [1.165, 1.54) is 43.1 Å². The van der Waals surface area contributed by atoms with Gasteiger partial charge in [-0.15, -0.1) is 0 Å². The molecule has 0 atom stereocenters. The number of rotatable bonds is 8. The van der Waals surface area contributed by atoms with Crippen LogP contribution in [0.1, 0.15) is 45.1 Å². The quantitative estimate of drug-likeness (QED) is 0.731. The highest BCUT2D eigenvalue weighted by Gasteiger charge is 2.19. The van der Waals surface area contributed by atoms with Crippen LogP contribution >= 0.6 is 11.8 Å². The van der Waals surface area contributed by atoms with Crippen molar-refractivity contribution in [2.75, 3.05) is 18.0 Å². The van der Waals surface area contributed by atoms with E-state index in [0.29, 0.717) is 10.1 Å². The zero-order valence-electron chi connectivity index (χ0n) is 13.9. The van der Waals surface area contributed by atoms with Crippen molar-refractivity contribution < 1.29 is 4.79 Å². The summed E-state index contributed by atoms with van der Waals surface area (Å²) in [7, 11) is 0. The van der Waals surface area contributed by atoms with E-state index in [9.17, 15) is 4.79 Å². The zero-order chi connectivity index (χ0) is 16.7. The van der Waals surface area contributed by atoms with Gasteiger partial charge in [0, 0.05) is 18.8 Å². The first-order valence-electron chi connectivity index (χ1n) is 8.27. The first-order chi connectivity index (χ1) is 11.1. The molecule has 0 aromatic heterocycles. The Morgan fingerprint density at radius 3 is 2.22 bits per heavy atom. The van der Waals surface area contributed by atoms with E-state index in [1.807, 2.05) is 6.08 Å². The van der Waals surface area contributed by atoms with Gasteiger partial charge in [0.25, 0.3) is 5.91 Å². The molecule has 1 aliphatic rings. The molecule has 0 fully saturated rings. The Kier molecular flexibility index (Phi) is 6.71. The Hall–Kier alpha value is -1.75. The molecule has 23 heavy (non-hydrogen) atoms. The van der Waals surface area contributed by atoms with Crippen molar-refractivity contribution in [2.24, 2.45) is 10.7 Å². The Morgan fingerprint density at radius 1 is 1.13 bits per heavy atom. The van der Waals surface area contributed by atoms with Gasteiger partial charge in [-0.3, -0.25) is 4.79 Å². The molecule has 0 aliphatic carbocycles. The molecule has 1 aromatic rings. The summed E-state index contributed by atoms with van der Waals surface area (Å²) >= 11 is 1.23. The van der Waals surface area contributed by atoms with Gasteiger partial charge in [0.2, 0.25) is 0 Å². The molecule has 2 rings (SSSR count). The van der Waals surface area contributed by atoms with Crippen molar-refractivity contribution in [1.82, 2.24) is 0 Å². The Balaban J connectivity index is 2.07. The number of hydrogen-bond acceptors (Lipinski definition) is 4. The number of thioether (sulfide) groups is 1. The molecule has 0 bridgehead atoms. The number of carbonyl (C=O) groups excluding carboxylic acids is 1. The fourth-order valence-electron chi connectivity index (χ4n) is 2.43. The van der Waals surface area contributed by atoms with Gasteiger partial charge in [-0.05, 0) is 48.4 Å². The number of nitrogens with two attached hydrogens (primary N) is 1. The van der Waals surface area contributed by atoms with E-state index in [-0.39, 0.29) is 5.91 Å². The summed E-state index contributed by atoms with van der Waals surface area (Å²) in [6.45, 7) is 6.62. The summed E-state index contributed by atoms with van der Waals surface area (Å²) in [6, 6.07) is 8.36. The van der Waals surface area contributed by atoms with E-state index in [0.717, 1.165) is 18.7 Å². The highest BCUT2D eigenvalue weighted by atomic mass is 32.2. The highest BCUT2D eigenvalue weighted by Crippen LogP contribution is 2.27. The molecule has 0 saturated heterocycles. The van der Waals surface area contributed by atoms with Crippen LogP contribution in [0.25, 0.3) is 6.08 Å². The number of hydrogen-bond donors (Lipinski definition) is 1. The first kappa shape index (κ1) is 17.6. The number of nitrogens with zero attached hydrogens (tertiary/aromatic N) is 2. The van der Waals surface area contributed by atoms with Crippen molar-refractivity contribution in [3.05, 3.63) is 34.7 Å². The summed E-state index contributed by atoms with van der Waals surface area (Å²) in [4.78, 5) is 18.4. The maximum Gasteiger partial charge on any atom is 0.286 e. The van der Waals surface area contributed by atoms with Gasteiger partial charge in [-0.2, -0.15) is 4.99 Å². The second-order valence-electron chi connectivity index (χ2n) is 5.65. The van der Waals surface area contributed by atoms with Crippen LogP contribution in [0.4, 0.5) is 5.69 Å². The number of aliphatic imine (C=N–C) groups is 1. The molecule has 1 aromatic carbocycles. The van der Waals surface area contributed by atoms with E-state index in [2.05, 4.69) is 48.0 Å². The number of amides is 1. The van der Waals surface area contributed by atoms with Gasteiger partial charge in [0.05, 0.1) is 4.91 Å². The summed E-state index contributed by atoms with van der Waals surface area (Å²) in [5, 5.41) is 0.322. The highest BCUT2D eigenvalue weighted by molar-refractivity contribution is 8.18. The smallest absolute Gasteiger partial charge is 0.286 e. The maximum absolute atomic E-state index is 11.6. The van der Waals surface area contributed by atoms with Crippen molar-refractivity contribution >= 4 is 34.6 Å². The van der Waals surface area contributed by atoms with Crippen LogP contribution in [0, 0.1) is 0 Å². The third-order valence-corrected chi connectivity index (χ3v) is 4.57. The summed E-state index contributed by atoms with van der Waals surface area (Å²) in [6.07, 6.45) is 6.66. The molecule has 0 radical (unpaired) electrons. The van der Waals surface area contributed by atoms with Crippen LogP contribution in [0.15, 0.2) is 34.2 Å². The lowest BCUT2D eigenvalue weighted by Gasteiger charge is -2.24. The second kappa shape index (κ2) is 8.77. The van der Waals surface area contributed by atoms with Crippen molar-refractivity contribution in [2.45, 2.75) is 39.5 Å². The molecule has 0 saturated carbocycles. The van der Waals surface area contributed by atoms with E-state index in [4.69, 9.17) is 5.73 Å². The van der Waals surface area contributed by atoms with E-state index >= 15 is 0 Å². The Bertz CT molecular complexity index is 585. The summed E-state index contributed by atoms with van der Waals surface area (Å²) in [5.41, 5.74) is 7.82. The topological polar surface area (TPSA) is 58.7 Å². The predicted molar refractivity (Wildman–Crippen MR) is 101 cm³/mol. The Morgan fingerprint density at radius 2 is 1.74 bits per heavy atom. The fraction of sp³-hybridized carbons (Fsp3) is 0.444. The van der Waals surface area contributed by atoms with Crippen LogP contribution in [-0.4, -0.2) is 24.2 Å². The number of amidine groups is 1. The molecule has 2 N–H and O–H groups in total. The molecule has 1 aliphatic heterocycles. The van der Waals surface area contributed by atoms with Crippen LogP contribution in [0.5, 0.6) is 0 Å². The first-order valence-corrected chi connectivity index (χ1v) is 9.08. The van der Waals surface area contributed by atoms with Gasteiger partial charge in [0.15, 0.2) is 5.17 Å². The van der Waals surface area contributed by atoms with Crippen LogP contribution in [0.3, 0.4) is 0 Å². The van der Waals surface area contributed by atoms with Crippen LogP contribution in [-0.2, 0) is 4.79 Å². The van der Waals surface area contributed by atoms with Gasteiger partial charge < -0.3 is 10.6 Å². The summed E-state index contributed by atoms with van der Waals surface area (Å²) < 4.78 is 0. The minimum atomic E-state index is -0.246. The van der Waals surface area contributed by atoms with Crippen LogP contribution < -0.4 is 10.6 Å². The molecular weight excluding hydrogens is 306 g/mol. The predicted octanol–water partition coefficient (Wildman–Crippen LogP) is 4.02. The van der Waals surface area contributed by atoms with Crippen LogP contribution in [0.2, 0.25) is 0 Å². The minimum Gasteiger partial charge on any atom is -0.378 e. The number of anilines is 1. The summed E-state index contributed by atoms with van der Waals surface area (Å²) in [5.74, 6) is -0.246. The zero-order valence-corrected chi connectivity index (χ0v) is 14.7. The lowest BCUT2D eigenvalue weighted by atomic mass is 10.1. The van der Waals surface area contributed by atoms with Gasteiger partial charge in [0.1, 0.15) is 0 Å². The molecule has 124 valence electrons. The molecule has 1 amide bonds. The average molecular weight is 331 g/mol. The molecule has 5 heteroatoms. The lowest BCUT2D eigenvalue weighted by Crippen LogP contribution is -2.25. The fourth-order valence-corrected chi connectivity index (χ4v) is 3.11. The minimum absolute atomic E-state index is 0.246. The van der Waals surface area contributed by atoms with Crippen molar-refractivity contribution in [3.8, 4) is 0 Å². The van der Waals surface area contributed by atoms with Gasteiger partial charge >= 0.3 is 0 Å². The third kappa shape index (κ3) is 5.13. The number of unbranched alkanes of at least 4 members (excludes halogenated alkanes) is 2. The molecule has 1 heterocycles. The molecule has 0 spiro atoms. The molecule has 4 nitrogen and oxygen atoms in total. The van der Waals surface area contributed by atoms with E-state index < -0.39 is 0 Å². The van der Waals surface area contributed by atoms with Crippen molar-refractivity contribution in [1.29, 1.82) is 0 Å². The van der Waals surface area contributed by atoms with Gasteiger partial charge in [-0.25, -0.2) is 0 Å². The average Bonchev–Trinajstić information content (AvgIpc) is 2.86. The van der Waals surface area contributed by atoms with Gasteiger partial charge in [-0.1, -0.05) is 38.8 Å². The largest absolute Gasteiger partial charge is 0.378 e. The standard InChI is InChI=1S/C18H25N3OS/c1-3-5-11-21(12-6-4-2)15-9-7-14(8-10-15)13-16-17(22)20-18(19)23-16/h7-10,13H,3-6,11-12H2,1-2H3,(H2,19,20,22)/b16-13+. The molecule has 0 unspecified atom stereocenters. The normalized spacial score (nSPS) is 16.0. The number of benzene rings is 1.